The molecule has 0 bridgehead atoms. The van der Waals surface area contributed by atoms with Gasteiger partial charge in [0.05, 0.1) is 0 Å². The quantitative estimate of drug-likeness (QED) is 0.733. The number of carbonyl (C=O) groups excluding carboxylic acids is 1. The third kappa shape index (κ3) is 5.43. The Bertz CT molecular complexity index is 773. The molecule has 142 valence electrons. The summed E-state index contributed by atoms with van der Waals surface area (Å²) in [6, 6.07) is 14.9. The summed E-state index contributed by atoms with van der Waals surface area (Å²) in [6.45, 7) is 7.29. The fourth-order valence-electron chi connectivity index (χ4n) is 3.35. The Balaban J connectivity index is 1.51. The molecule has 0 spiro atoms. The summed E-state index contributed by atoms with van der Waals surface area (Å²) < 4.78 is 13.0. The maximum absolute atomic E-state index is 13.0. The molecule has 0 aromatic heterocycles. The van der Waals surface area contributed by atoms with Crippen molar-refractivity contribution >= 4 is 17.7 Å². The minimum absolute atomic E-state index is 0.0417. The van der Waals surface area contributed by atoms with Gasteiger partial charge in [0.2, 0.25) is 5.91 Å². The molecule has 1 amide bonds. The maximum Gasteiger partial charge on any atom is 0.246 e. The average molecular weight is 366 g/mol. The molecule has 0 radical (unpaired) electrons. The molecule has 3 nitrogen and oxygen atoms in total. The highest BCUT2D eigenvalue weighted by Gasteiger charge is 2.19. The van der Waals surface area contributed by atoms with E-state index in [2.05, 4.69) is 43.0 Å². The smallest absolute Gasteiger partial charge is 0.246 e. The highest BCUT2D eigenvalue weighted by atomic mass is 19.1. The number of nitrogens with zero attached hydrogens (tertiary/aromatic N) is 2. The molecular formula is C23H27FN2O. The summed E-state index contributed by atoms with van der Waals surface area (Å²) in [6.07, 6.45) is 4.61. The predicted octanol–water partition coefficient (Wildman–Crippen LogP) is 4.39. The van der Waals surface area contributed by atoms with Crippen LogP contribution in [0.2, 0.25) is 0 Å². The van der Waals surface area contributed by atoms with E-state index in [1.54, 1.807) is 18.2 Å². The van der Waals surface area contributed by atoms with Gasteiger partial charge in [-0.15, -0.1) is 0 Å². The highest BCUT2D eigenvalue weighted by molar-refractivity contribution is 5.92. The number of amides is 1. The molecule has 1 heterocycles. The summed E-state index contributed by atoms with van der Waals surface area (Å²) >= 11 is 0. The van der Waals surface area contributed by atoms with Crippen molar-refractivity contribution in [2.45, 2.75) is 20.3 Å². The van der Waals surface area contributed by atoms with Gasteiger partial charge in [0.15, 0.2) is 0 Å². The largest absolute Gasteiger partial charge is 0.368 e. The first kappa shape index (κ1) is 19.2. The van der Waals surface area contributed by atoms with Gasteiger partial charge in [-0.3, -0.25) is 4.79 Å². The van der Waals surface area contributed by atoms with Crippen LogP contribution in [0.4, 0.5) is 10.1 Å². The van der Waals surface area contributed by atoms with Crippen molar-refractivity contribution in [1.29, 1.82) is 0 Å². The van der Waals surface area contributed by atoms with Gasteiger partial charge in [0.25, 0.3) is 0 Å². The van der Waals surface area contributed by atoms with Crippen LogP contribution in [0, 0.1) is 11.7 Å². The summed E-state index contributed by atoms with van der Waals surface area (Å²) in [4.78, 5) is 16.5. The zero-order valence-corrected chi connectivity index (χ0v) is 16.1. The van der Waals surface area contributed by atoms with Crippen molar-refractivity contribution in [3.63, 3.8) is 0 Å². The van der Waals surface area contributed by atoms with Crippen molar-refractivity contribution in [2.75, 3.05) is 31.1 Å². The molecule has 1 fully saturated rings. The Morgan fingerprint density at radius 2 is 1.63 bits per heavy atom. The van der Waals surface area contributed by atoms with E-state index in [0.717, 1.165) is 30.8 Å². The van der Waals surface area contributed by atoms with Crippen LogP contribution in [-0.2, 0) is 11.2 Å². The minimum atomic E-state index is -0.227. The summed E-state index contributed by atoms with van der Waals surface area (Å²) in [5, 5.41) is 0. The van der Waals surface area contributed by atoms with E-state index in [9.17, 15) is 9.18 Å². The van der Waals surface area contributed by atoms with E-state index in [0.29, 0.717) is 19.0 Å². The van der Waals surface area contributed by atoms with Crippen LogP contribution in [0.1, 0.15) is 25.0 Å². The van der Waals surface area contributed by atoms with Gasteiger partial charge >= 0.3 is 0 Å². The molecule has 4 heteroatoms. The number of halogens is 1. The van der Waals surface area contributed by atoms with E-state index in [1.807, 2.05) is 11.0 Å². The lowest BCUT2D eigenvalue weighted by Crippen LogP contribution is -2.48. The first-order valence-electron chi connectivity index (χ1n) is 9.58. The van der Waals surface area contributed by atoms with Gasteiger partial charge in [-0.1, -0.05) is 38.1 Å². The second-order valence-electron chi connectivity index (χ2n) is 7.46. The molecule has 0 N–H and O–H groups in total. The average Bonchev–Trinajstić information content (AvgIpc) is 2.67. The van der Waals surface area contributed by atoms with Gasteiger partial charge < -0.3 is 9.80 Å². The Labute approximate surface area is 161 Å². The second kappa shape index (κ2) is 8.85. The number of benzene rings is 2. The van der Waals surface area contributed by atoms with E-state index in [1.165, 1.54) is 17.7 Å². The molecule has 0 aliphatic carbocycles. The highest BCUT2D eigenvalue weighted by Crippen LogP contribution is 2.17. The number of piperazine rings is 1. The third-order valence-electron chi connectivity index (χ3n) is 4.83. The molecule has 0 saturated carbocycles. The number of anilines is 1. The van der Waals surface area contributed by atoms with E-state index in [-0.39, 0.29) is 11.7 Å². The van der Waals surface area contributed by atoms with Crippen LogP contribution < -0.4 is 4.90 Å². The van der Waals surface area contributed by atoms with E-state index in [4.69, 9.17) is 0 Å². The van der Waals surface area contributed by atoms with Gasteiger partial charge in [-0.05, 0) is 53.8 Å². The zero-order valence-electron chi connectivity index (χ0n) is 16.1. The summed E-state index contributed by atoms with van der Waals surface area (Å²) in [7, 11) is 0. The standard InChI is InChI=1S/C23H27FN2O/c1-18(2)17-20-5-3-19(4-6-20)7-12-23(27)26-15-13-25(14-16-26)22-10-8-21(24)9-11-22/h3-12,18H,13-17H2,1-2H3/b12-7-. The van der Waals surface area contributed by atoms with Gasteiger partial charge in [-0.2, -0.15) is 0 Å². The van der Waals surface area contributed by atoms with Crippen LogP contribution in [0.5, 0.6) is 0 Å². The van der Waals surface area contributed by atoms with Crippen molar-refractivity contribution in [2.24, 2.45) is 5.92 Å². The number of carbonyl (C=O) groups is 1. The predicted molar refractivity (Wildman–Crippen MR) is 109 cm³/mol. The molecule has 1 aliphatic heterocycles. The summed E-state index contributed by atoms with van der Waals surface area (Å²) in [5.41, 5.74) is 3.37. The van der Waals surface area contributed by atoms with Gasteiger partial charge in [-0.25, -0.2) is 4.39 Å². The Morgan fingerprint density at radius 3 is 2.22 bits per heavy atom. The molecule has 0 unspecified atom stereocenters. The van der Waals surface area contributed by atoms with Crippen molar-refractivity contribution in [3.05, 3.63) is 71.6 Å². The summed E-state index contributed by atoms with van der Waals surface area (Å²) in [5.74, 6) is 0.455. The number of hydrogen-bond acceptors (Lipinski definition) is 2. The topological polar surface area (TPSA) is 23.6 Å². The third-order valence-corrected chi connectivity index (χ3v) is 4.83. The monoisotopic (exact) mass is 366 g/mol. The first-order valence-corrected chi connectivity index (χ1v) is 9.58. The molecule has 0 atom stereocenters. The van der Waals surface area contributed by atoms with Gasteiger partial charge in [0.1, 0.15) is 5.82 Å². The fraction of sp³-hybridized carbons (Fsp3) is 0.348. The second-order valence-corrected chi connectivity index (χ2v) is 7.46. The van der Waals surface area contributed by atoms with Crippen molar-refractivity contribution < 1.29 is 9.18 Å². The first-order chi connectivity index (χ1) is 13.0. The van der Waals surface area contributed by atoms with Crippen LogP contribution in [0.15, 0.2) is 54.6 Å². The van der Waals surface area contributed by atoms with Crippen LogP contribution >= 0.6 is 0 Å². The molecule has 2 aromatic carbocycles. The fourth-order valence-corrected chi connectivity index (χ4v) is 3.35. The number of hydrogen-bond donors (Lipinski definition) is 0. The van der Waals surface area contributed by atoms with Crippen LogP contribution in [0.3, 0.4) is 0 Å². The Hall–Kier alpha value is -2.62. The van der Waals surface area contributed by atoms with E-state index >= 15 is 0 Å². The van der Waals surface area contributed by atoms with E-state index < -0.39 is 0 Å². The van der Waals surface area contributed by atoms with Crippen LogP contribution in [-0.4, -0.2) is 37.0 Å². The molecule has 1 saturated heterocycles. The SMILES string of the molecule is CC(C)Cc1ccc(/C=C\C(=O)N2CCN(c3ccc(F)cc3)CC2)cc1. The Kier molecular flexibility index (Phi) is 6.28. The lowest BCUT2D eigenvalue weighted by Gasteiger charge is -2.35. The minimum Gasteiger partial charge on any atom is -0.368 e. The van der Waals surface area contributed by atoms with Crippen molar-refractivity contribution in [1.82, 2.24) is 4.90 Å². The van der Waals surface area contributed by atoms with Crippen LogP contribution in [0.25, 0.3) is 6.08 Å². The molecule has 3 rings (SSSR count). The molecule has 1 aliphatic rings. The zero-order chi connectivity index (χ0) is 19.2. The molecule has 27 heavy (non-hydrogen) atoms. The molecular weight excluding hydrogens is 339 g/mol. The van der Waals surface area contributed by atoms with Gasteiger partial charge in [0, 0.05) is 37.9 Å². The normalized spacial score (nSPS) is 15.0. The number of rotatable bonds is 5. The Morgan fingerprint density at radius 1 is 1.00 bits per heavy atom. The maximum atomic E-state index is 13.0. The lowest BCUT2D eigenvalue weighted by atomic mass is 10.0. The lowest BCUT2D eigenvalue weighted by molar-refractivity contribution is -0.126. The van der Waals surface area contributed by atoms with Crippen molar-refractivity contribution in [3.8, 4) is 0 Å². The molecule has 2 aromatic rings.